The minimum Gasteiger partial charge on any atom is -0.494 e. The fourth-order valence-corrected chi connectivity index (χ4v) is 7.62. The zero-order chi connectivity index (χ0) is 46.0. The van der Waals surface area contributed by atoms with Gasteiger partial charge in [-0.1, -0.05) is 72.5 Å². The first-order valence-corrected chi connectivity index (χ1v) is 22.2. The number of thiazole rings is 1. The molecule has 1 aromatic heterocycles. The molecule has 336 valence electrons. The number of esters is 3. The number of carbonyl (C=O) groups excluding carboxylic acids is 3. The summed E-state index contributed by atoms with van der Waals surface area (Å²) in [7, 11) is 0. The first-order chi connectivity index (χ1) is 32.0. The lowest BCUT2D eigenvalue weighted by Gasteiger charge is -2.13. The summed E-state index contributed by atoms with van der Waals surface area (Å²) >= 11 is 1.46. The van der Waals surface area contributed by atoms with E-state index in [-0.39, 0.29) is 30.0 Å². The molecule has 8 rings (SSSR count). The summed E-state index contributed by atoms with van der Waals surface area (Å²) in [4.78, 5) is 43.0. The molecule has 7 aromatic rings. The number of nitrogens with zero attached hydrogens (tertiary/aromatic N) is 2. The normalized spacial score (nSPS) is 14.0. The highest BCUT2D eigenvalue weighted by Gasteiger charge is 2.49. The highest BCUT2D eigenvalue weighted by Crippen LogP contribution is 2.36. The first-order valence-electron chi connectivity index (χ1n) is 21.3. The van der Waals surface area contributed by atoms with Crippen LogP contribution in [0.1, 0.15) is 59.9 Å². The van der Waals surface area contributed by atoms with E-state index in [4.69, 9.17) is 38.1 Å². The van der Waals surface area contributed by atoms with Gasteiger partial charge < -0.3 is 33.2 Å². The third-order valence-electron chi connectivity index (χ3n) is 10.5. The van der Waals surface area contributed by atoms with Crippen molar-refractivity contribution >= 4 is 61.1 Å². The van der Waals surface area contributed by atoms with E-state index in [1.807, 2.05) is 80.6 Å². The smallest absolute Gasteiger partial charge is 0.343 e. The average Bonchev–Trinajstić information content (AvgIpc) is 3.73. The maximum absolute atomic E-state index is 13.5. The van der Waals surface area contributed by atoms with E-state index in [0.717, 1.165) is 38.2 Å². The molecule has 13 nitrogen and oxygen atoms in total. The van der Waals surface area contributed by atoms with Gasteiger partial charge in [-0.05, 0) is 110 Å². The SMILES string of the molecule is C=CC(=O)OCCCOc1ccc(-c2ccc(C(=O)Oc3ccc(OC(=O)c4ccc(OCCCOC5OC5(C)C)cc4)c(/C(C)=N/Nc4nc5c(ccc6ccccc65)s4)c3)cc2)cc1. The van der Waals surface area contributed by atoms with Crippen LogP contribution in [0.15, 0.2) is 145 Å². The highest BCUT2D eigenvalue weighted by atomic mass is 32.1. The van der Waals surface area contributed by atoms with Crippen molar-refractivity contribution in [2.45, 2.75) is 45.5 Å². The van der Waals surface area contributed by atoms with Gasteiger partial charge in [0.05, 0.1) is 53.5 Å². The molecule has 0 spiro atoms. The third kappa shape index (κ3) is 11.5. The zero-order valence-corrected chi connectivity index (χ0v) is 37.4. The third-order valence-corrected chi connectivity index (χ3v) is 11.4. The second-order valence-corrected chi connectivity index (χ2v) is 16.8. The Morgan fingerprint density at radius 1 is 0.758 bits per heavy atom. The molecule has 0 bridgehead atoms. The van der Waals surface area contributed by atoms with Crippen molar-refractivity contribution in [2.24, 2.45) is 5.10 Å². The number of hydrazone groups is 1. The predicted octanol–water partition coefficient (Wildman–Crippen LogP) is 10.8. The molecule has 1 fully saturated rings. The molecule has 2 heterocycles. The monoisotopic (exact) mass is 905 g/mol. The molecular formula is C52H47N3O10S. The first kappa shape index (κ1) is 45.2. The van der Waals surface area contributed by atoms with Crippen LogP contribution in [-0.2, 0) is 19.0 Å². The van der Waals surface area contributed by atoms with Gasteiger partial charge in [-0.3, -0.25) is 5.43 Å². The molecule has 1 aliphatic heterocycles. The van der Waals surface area contributed by atoms with E-state index in [0.29, 0.717) is 71.7 Å². The zero-order valence-electron chi connectivity index (χ0n) is 36.6. The van der Waals surface area contributed by atoms with Crippen molar-refractivity contribution in [1.82, 2.24) is 4.98 Å². The molecule has 0 amide bonds. The number of fused-ring (bicyclic) bond motifs is 3. The molecule has 1 unspecified atom stereocenters. The lowest BCUT2D eigenvalue weighted by molar-refractivity contribution is -0.137. The Morgan fingerprint density at radius 2 is 1.36 bits per heavy atom. The summed E-state index contributed by atoms with van der Waals surface area (Å²) in [6.45, 7) is 10.7. The predicted molar refractivity (Wildman–Crippen MR) is 254 cm³/mol. The van der Waals surface area contributed by atoms with Crippen LogP contribution < -0.4 is 24.4 Å². The molecule has 1 atom stereocenters. The van der Waals surface area contributed by atoms with Crippen molar-refractivity contribution in [3.63, 3.8) is 0 Å². The molecule has 66 heavy (non-hydrogen) atoms. The van der Waals surface area contributed by atoms with Crippen molar-refractivity contribution < 1.29 is 47.5 Å². The Balaban J connectivity index is 0.938. The second-order valence-electron chi connectivity index (χ2n) is 15.7. The van der Waals surface area contributed by atoms with E-state index in [9.17, 15) is 14.4 Å². The van der Waals surface area contributed by atoms with Gasteiger partial charge >= 0.3 is 17.9 Å². The Bertz CT molecular complexity index is 2890. The number of anilines is 1. The molecule has 0 aliphatic carbocycles. The van der Waals surface area contributed by atoms with Crippen LogP contribution in [0.2, 0.25) is 0 Å². The van der Waals surface area contributed by atoms with E-state index in [1.165, 1.54) is 11.3 Å². The molecule has 1 aliphatic rings. The summed E-state index contributed by atoms with van der Waals surface area (Å²) in [6.07, 6.45) is 2.18. The number of epoxide rings is 1. The minimum absolute atomic E-state index is 0.176. The fraction of sp³-hybridized carbons (Fsp3) is 0.212. The Labute approximate surface area is 385 Å². The largest absolute Gasteiger partial charge is 0.494 e. The molecule has 1 saturated heterocycles. The summed E-state index contributed by atoms with van der Waals surface area (Å²) in [5.41, 5.74) is 7.02. The molecule has 0 saturated carbocycles. The second kappa shape index (κ2) is 20.6. The average molecular weight is 906 g/mol. The number of carbonyl (C=O) groups is 3. The van der Waals surface area contributed by atoms with Crippen molar-refractivity contribution in [3.05, 3.63) is 157 Å². The number of aromatic nitrogens is 1. The van der Waals surface area contributed by atoms with Gasteiger partial charge in [0.25, 0.3) is 0 Å². The van der Waals surface area contributed by atoms with Gasteiger partial charge in [-0.25, -0.2) is 19.4 Å². The summed E-state index contributed by atoms with van der Waals surface area (Å²) < 4.78 is 40.5. The maximum atomic E-state index is 13.5. The number of hydrogen-bond acceptors (Lipinski definition) is 14. The van der Waals surface area contributed by atoms with Crippen LogP contribution in [0.4, 0.5) is 5.13 Å². The van der Waals surface area contributed by atoms with Gasteiger partial charge in [0.1, 0.15) is 28.6 Å². The van der Waals surface area contributed by atoms with Crippen molar-refractivity contribution in [3.8, 4) is 34.1 Å². The van der Waals surface area contributed by atoms with Gasteiger partial charge in [0.2, 0.25) is 5.13 Å². The highest BCUT2D eigenvalue weighted by molar-refractivity contribution is 7.22. The lowest BCUT2D eigenvalue weighted by atomic mass is 10.0. The molecule has 14 heteroatoms. The van der Waals surface area contributed by atoms with E-state index in [1.54, 1.807) is 61.5 Å². The lowest BCUT2D eigenvalue weighted by Crippen LogP contribution is -2.13. The summed E-state index contributed by atoms with van der Waals surface area (Å²) in [5, 5.41) is 7.33. The standard InChI is InChI=1S/C52H47N3O10S/c1-5-46(56)61-30-8-28-59-39-21-16-35(17-22-39)34-12-14-37(15-13-34)48(57)63-41-25-26-44(64-49(58)38-18-23-40(24-19-38)60-29-9-31-62-50-52(3,4)65-50)43(32-41)33(2)54-55-51-53-47-42-11-7-6-10-36(42)20-27-45(47)66-51/h5-7,10-27,32,50H,1,8-9,28-31H2,2-4H3,(H,53,55)/b54-33+. The Hall–Kier alpha value is -7.39. The van der Waals surface area contributed by atoms with Crippen LogP contribution in [0.5, 0.6) is 23.0 Å². The van der Waals surface area contributed by atoms with Crippen molar-refractivity contribution in [2.75, 3.05) is 31.9 Å². The molecular weight excluding hydrogens is 859 g/mol. The molecule has 0 radical (unpaired) electrons. The van der Waals surface area contributed by atoms with Gasteiger partial charge in [0, 0.05) is 29.9 Å². The number of benzene rings is 6. The Kier molecular flexibility index (Phi) is 14.1. The van der Waals surface area contributed by atoms with Gasteiger partial charge in [-0.2, -0.15) is 5.10 Å². The van der Waals surface area contributed by atoms with Gasteiger partial charge in [0.15, 0.2) is 6.29 Å². The van der Waals surface area contributed by atoms with Crippen molar-refractivity contribution in [1.29, 1.82) is 0 Å². The van der Waals surface area contributed by atoms with Crippen LogP contribution in [-0.4, -0.2) is 66.9 Å². The van der Waals surface area contributed by atoms with Crippen LogP contribution in [0.3, 0.4) is 0 Å². The fourth-order valence-electron chi connectivity index (χ4n) is 6.80. The molecule has 1 N–H and O–H groups in total. The number of nitrogens with one attached hydrogen (secondary N) is 1. The number of rotatable bonds is 20. The van der Waals surface area contributed by atoms with Crippen LogP contribution in [0.25, 0.3) is 32.1 Å². The minimum atomic E-state index is -0.599. The maximum Gasteiger partial charge on any atom is 0.343 e. The van der Waals surface area contributed by atoms with Crippen LogP contribution in [0, 0.1) is 0 Å². The Morgan fingerprint density at radius 3 is 2.05 bits per heavy atom. The quantitative estimate of drug-likeness (QED) is 0.0147. The number of ether oxygens (including phenoxy) is 7. The van der Waals surface area contributed by atoms with E-state index in [2.05, 4.69) is 23.2 Å². The summed E-state index contributed by atoms with van der Waals surface area (Å²) in [6, 6.07) is 38.2. The number of hydrogen-bond donors (Lipinski definition) is 1. The van der Waals surface area contributed by atoms with E-state index < -0.39 is 17.9 Å². The van der Waals surface area contributed by atoms with Crippen LogP contribution >= 0.6 is 11.3 Å². The van der Waals surface area contributed by atoms with Gasteiger partial charge in [-0.15, -0.1) is 0 Å². The molecule has 6 aromatic carbocycles. The van der Waals surface area contributed by atoms with E-state index >= 15 is 0 Å². The summed E-state index contributed by atoms with van der Waals surface area (Å²) in [5.74, 6) is 0.0633. The topological polar surface area (TPSA) is 156 Å².